The molecule has 11 atom stereocenters. The fraction of sp³-hybridized carbons (Fsp3) is 0.569. The first kappa shape index (κ1) is 67.6. The quantitative estimate of drug-likeness (QED) is 0.0610. The minimum Gasteiger partial charge on any atom is -0.391 e. The highest BCUT2D eigenvalue weighted by Crippen LogP contribution is 2.21. The first-order valence-electron chi connectivity index (χ1n) is 28.5. The number of hydrogen-bond donors (Lipinski definition) is 14. The van der Waals surface area contributed by atoms with E-state index < -0.39 is 144 Å². The molecule has 25 heteroatoms. The number of aliphatic hydroxyl groups excluding tert-OH is 2. The molecule has 0 radical (unpaired) electrons. The number of aromatic nitrogens is 1. The number of nitrogens with one attached hydrogen (secondary N) is 10. The average molecular weight is 1160 g/mol. The highest BCUT2D eigenvalue weighted by atomic mass is 16.3. The summed E-state index contributed by atoms with van der Waals surface area (Å²) >= 11 is 0. The lowest BCUT2D eigenvalue weighted by atomic mass is 9.99. The van der Waals surface area contributed by atoms with E-state index in [2.05, 4.69) is 59.8 Å². The zero-order valence-corrected chi connectivity index (χ0v) is 48.5. The van der Waals surface area contributed by atoms with Gasteiger partial charge in [-0.1, -0.05) is 122 Å². The molecule has 2 aromatic carbocycles. The third-order valence-electron chi connectivity index (χ3n) is 14.0. The summed E-state index contributed by atoms with van der Waals surface area (Å²) in [6, 6.07) is 0.820. The molecule has 1 fully saturated rings. The van der Waals surface area contributed by atoms with Crippen molar-refractivity contribution in [3.05, 3.63) is 71.9 Å². The fourth-order valence-corrected chi connectivity index (χ4v) is 9.62. The Hall–Kier alpha value is -7.93. The molecule has 0 bridgehead atoms. The number of amides is 11. The van der Waals surface area contributed by atoms with Gasteiger partial charge in [0.15, 0.2) is 0 Å². The molecule has 0 saturated carbocycles. The summed E-state index contributed by atoms with van der Waals surface area (Å²) in [6.07, 6.45) is 1.01. The van der Waals surface area contributed by atoms with Crippen LogP contribution < -0.4 is 59.3 Å². The Bertz CT molecular complexity index is 2720. The molecule has 456 valence electrons. The molecule has 4 rings (SSSR count). The second-order valence-corrected chi connectivity index (χ2v) is 22.3. The van der Waals surface area contributed by atoms with Crippen molar-refractivity contribution >= 4 is 75.9 Å². The molecule has 0 aliphatic carbocycles. The molecule has 11 amide bonds. The summed E-state index contributed by atoms with van der Waals surface area (Å²) in [4.78, 5) is 158. The number of nitrogens with two attached hydrogens (primary N) is 2. The topological polar surface area (TPSA) is 404 Å². The number of aliphatic hydroxyl groups is 2. The summed E-state index contributed by atoms with van der Waals surface area (Å²) in [6.45, 7) is 11.5. The summed E-state index contributed by atoms with van der Waals surface area (Å²) in [5.41, 5.74) is 12.8. The van der Waals surface area contributed by atoms with E-state index >= 15 is 0 Å². The van der Waals surface area contributed by atoms with Crippen LogP contribution in [0, 0.1) is 11.8 Å². The third kappa shape index (κ3) is 22.1. The number of aromatic amines is 1. The summed E-state index contributed by atoms with van der Waals surface area (Å²) < 4.78 is 0. The summed E-state index contributed by atoms with van der Waals surface area (Å²) in [5, 5.41) is 45.8. The number of para-hydroxylation sites is 1. The van der Waals surface area contributed by atoms with Crippen molar-refractivity contribution in [1.82, 2.24) is 52.8 Å². The summed E-state index contributed by atoms with van der Waals surface area (Å²) in [5.74, 6) is -11.9. The largest absolute Gasteiger partial charge is 0.391 e. The third-order valence-corrected chi connectivity index (χ3v) is 14.0. The molecule has 3 aromatic rings. The van der Waals surface area contributed by atoms with Crippen molar-refractivity contribution < 1.29 is 63.0 Å². The monoisotopic (exact) mass is 1160 g/mol. The number of carbonyl (C=O) groups is 11. The number of hydrogen-bond acceptors (Lipinski definition) is 13. The molecule has 83 heavy (non-hydrogen) atoms. The maximum atomic E-state index is 14.8. The van der Waals surface area contributed by atoms with Crippen molar-refractivity contribution in [3.63, 3.8) is 0 Å². The number of H-pyrrole nitrogens is 1. The lowest BCUT2D eigenvalue weighted by Crippen LogP contribution is -2.62. The molecule has 1 saturated heterocycles. The Kier molecular flexibility index (Phi) is 27.1. The average Bonchev–Trinajstić information content (AvgIpc) is 4.13. The molecule has 2 heterocycles. The summed E-state index contributed by atoms with van der Waals surface area (Å²) in [7, 11) is 0. The van der Waals surface area contributed by atoms with Gasteiger partial charge in [0.25, 0.3) is 0 Å². The van der Waals surface area contributed by atoms with Crippen molar-refractivity contribution in [2.24, 2.45) is 23.3 Å². The van der Waals surface area contributed by atoms with Crippen LogP contribution in [-0.2, 0) is 65.6 Å². The number of unbranched alkanes of at least 4 members (excludes halogenated alkanes) is 5. The molecule has 1 aliphatic heterocycles. The van der Waals surface area contributed by atoms with Crippen molar-refractivity contribution in [2.75, 3.05) is 0 Å². The molecular weight excluding hydrogens is 1070 g/mol. The Labute approximate surface area is 483 Å². The van der Waals surface area contributed by atoms with Gasteiger partial charge in [0, 0.05) is 29.9 Å². The van der Waals surface area contributed by atoms with Crippen molar-refractivity contribution in [2.45, 2.75) is 199 Å². The maximum Gasteiger partial charge on any atom is 0.245 e. The van der Waals surface area contributed by atoms with E-state index in [0.29, 0.717) is 34.9 Å². The van der Waals surface area contributed by atoms with Gasteiger partial charge in [0.05, 0.1) is 25.0 Å². The number of fused-ring (bicyclic) bond motifs is 1. The van der Waals surface area contributed by atoms with E-state index in [-0.39, 0.29) is 43.9 Å². The highest BCUT2D eigenvalue weighted by Gasteiger charge is 2.39. The van der Waals surface area contributed by atoms with E-state index in [1.54, 1.807) is 88.5 Å². The van der Waals surface area contributed by atoms with Gasteiger partial charge in [-0.3, -0.25) is 52.7 Å². The van der Waals surface area contributed by atoms with Crippen LogP contribution in [0.2, 0.25) is 0 Å². The van der Waals surface area contributed by atoms with E-state index in [0.717, 1.165) is 25.7 Å². The number of rotatable bonds is 21. The van der Waals surface area contributed by atoms with Crippen LogP contribution >= 0.6 is 0 Å². The highest BCUT2D eigenvalue weighted by molar-refractivity contribution is 6.01. The lowest BCUT2D eigenvalue weighted by Gasteiger charge is -2.29. The normalized spacial score (nSPS) is 24.2. The van der Waals surface area contributed by atoms with Crippen molar-refractivity contribution in [1.29, 1.82) is 0 Å². The molecular formula is C58H86N12O13. The van der Waals surface area contributed by atoms with Crippen LogP contribution in [0.25, 0.3) is 10.9 Å². The molecule has 0 spiro atoms. The number of carbonyl (C=O) groups excluding carboxylic acids is 11. The fourth-order valence-electron chi connectivity index (χ4n) is 9.62. The first-order valence-corrected chi connectivity index (χ1v) is 28.5. The van der Waals surface area contributed by atoms with Gasteiger partial charge in [0.1, 0.15) is 54.4 Å². The van der Waals surface area contributed by atoms with Gasteiger partial charge in [-0.05, 0) is 62.1 Å². The van der Waals surface area contributed by atoms with Crippen LogP contribution in [0.4, 0.5) is 0 Å². The second kappa shape index (κ2) is 33.2. The molecule has 25 nitrogen and oxygen atoms in total. The zero-order valence-electron chi connectivity index (χ0n) is 48.5. The smallest absolute Gasteiger partial charge is 0.245 e. The van der Waals surface area contributed by atoms with Crippen molar-refractivity contribution in [3.8, 4) is 0 Å². The lowest BCUT2D eigenvalue weighted by molar-refractivity contribution is -0.138. The predicted molar refractivity (Wildman–Crippen MR) is 307 cm³/mol. The van der Waals surface area contributed by atoms with Crippen LogP contribution in [0.1, 0.15) is 130 Å². The minimum atomic E-state index is -1.88. The SMILES string of the molecule is CCCCCCCC[C@H]1NC(=O)[C@@H](CC(C)C)NC(=O)[C@H]([C@@H](C)O)NC(=O)[C@@H](CC(C)C)NC(=O)[C@@H](CC(N)=O)NC(=O)[C@H](CC(N)=O)NC(=O)[C@H](Cc2ccccc2)NC(=O)[C@H]([C@@H](C)O)NC(=O)[C@H](Cc2c[nH]c3ccccc23)NC1=O. The molecule has 1 aliphatic rings. The van der Waals surface area contributed by atoms with E-state index in [1.807, 2.05) is 0 Å². The van der Waals surface area contributed by atoms with E-state index in [4.69, 9.17) is 11.5 Å². The predicted octanol–water partition coefficient (Wildman–Crippen LogP) is -0.315. The van der Waals surface area contributed by atoms with Gasteiger partial charge in [0.2, 0.25) is 65.0 Å². The van der Waals surface area contributed by atoms with Crippen LogP contribution in [-0.4, -0.2) is 147 Å². The Morgan fingerprint density at radius 2 is 0.843 bits per heavy atom. The van der Waals surface area contributed by atoms with Gasteiger partial charge >= 0.3 is 0 Å². The maximum absolute atomic E-state index is 14.8. The van der Waals surface area contributed by atoms with Gasteiger partial charge in [-0.25, -0.2) is 0 Å². The standard InChI is InChI=1S/C58H86N12O13/c1-8-9-10-11-12-16-23-39-50(75)64-43(27-36-30-61-38-22-18-17-21-37(36)38)56(81)70-49(34(7)72)58(83)68-42(26-35-19-14-13-15-20-35)52(77)65-45(29-47(60)74)54(79)66-44(28-46(59)73)53(78)63-41(25-32(4)5)55(80)69-48(33(6)71)57(82)67-40(24-31(2)3)51(76)62-39/h13-15,17-22,30-34,39-45,48-49,61,71-72H,8-12,16,23-29H2,1-7H3,(H2,59,73)(H2,60,74)(H,62,76)(H,63,78)(H,64,75)(H,65,77)(H,66,79)(H,67,82)(H,68,83)(H,69,80)(H,70,81)/t33-,34-,39-,40-,41-,42+,43+,44-,45+,48+,49+/m1/s1. The van der Waals surface area contributed by atoms with Gasteiger partial charge in [-0.2, -0.15) is 0 Å². The van der Waals surface area contributed by atoms with Crippen LogP contribution in [0.15, 0.2) is 60.8 Å². The minimum absolute atomic E-state index is 0.00439. The van der Waals surface area contributed by atoms with Gasteiger partial charge in [-0.15, -0.1) is 0 Å². The Morgan fingerprint density at radius 3 is 1.36 bits per heavy atom. The number of benzene rings is 2. The Balaban J connectivity index is 1.91. The molecule has 16 N–H and O–H groups in total. The van der Waals surface area contributed by atoms with Crippen LogP contribution in [0.5, 0.6) is 0 Å². The second-order valence-electron chi connectivity index (χ2n) is 22.3. The number of primary amides is 2. The molecule has 1 aromatic heterocycles. The van der Waals surface area contributed by atoms with Crippen LogP contribution in [0.3, 0.4) is 0 Å². The van der Waals surface area contributed by atoms with E-state index in [1.165, 1.54) is 13.8 Å². The van der Waals surface area contributed by atoms with Gasteiger partial charge < -0.3 is 74.5 Å². The first-order chi connectivity index (χ1) is 39.3. The van der Waals surface area contributed by atoms with E-state index in [9.17, 15) is 63.0 Å². The molecule has 0 unspecified atom stereocenters. The zero-order chi connectivity index (χ0) is 61.5. The Morgan fingerprint density at radius 1 is 0.458 bits per heavy atom.